The first-order valence-electron chi connectivity index (χ1n) is 5.76. The Kier molecular flexibility index (Phi) is 2.93. The Balaban J connectivity index is 2.02. The lowest BCUT2D eigenvalue weighted by Gasteiger charge is -2.26. The van der Waals surface area contributed by atoms with E-state index in [1.807, 2.05) is 4.90 Å². The first-order valence-corrected chi connectivity index (χ1v) is 5.76. The fraction of sp³-hybridized carbons (Fsp3) is 0.818. The molecule has 0 aromatic heterocycles. The van der Waals surface area contributed by atoms with Crippen LogP contribution >= 0.6 is 0 Å². The van der Waals surface area contributed by atoms with Crippen LogP contribution in [-0.4, -0.2) is 47.3 Å². The molecule has 2 amide bonds. The predicted octanol–water partition coefficient (Wildman–Crippen LogP) is 0.620. The highest BCUT2D eigenvalue weighted by Crippen LogP contribution is 2.21. The van der Waals surface area contributed by atoms with Gasteiger partial charge in [-0.25, -0.2) is 0 Å². The molecule has 2 heterocycles. The lowest BCUT2D eigenvalue weighted by molar-refractivity contribution is -0.142. The number of carbonyl (C=O) groups excluding carboxylic acids is 2. The number of hydrogen-bond acceptors (Lipinski definition) is 2. The lowest BCUT2D eigenvalue weighted by Crippen LogP contribution is -2.46. The van der Waals surface area contributed by atoms with Gasteiger partial charge in [0, 0.05) is 26.6 Å². The monoisotopic (exact) mass is 210 g/mol. The van der Waals surface area contributed by atoms with Crippen molar-refractivity contribution in [2.24, 2.45) is 0 Å². The second-order valence-corrected chi connectivity index (χ2v) is 4.40. The van der Waals surface area contributed by atoms with Gasteiger partial charge in [-0.05, 0) is 25.7 Å². The van der Waals surface area contributed by atoms with Gasteiger partial charge in [0.25, 0.3) is 0 Å². The van der Waals surface area contributed by atoms with Crippen molar-refractivity contribution >= 4 is 11.8 Å². The zero-order valence-corrected chi connectivity index (χ0v) is 9.24. The smallest absolute Gasteiger partial charge is 0.245 e. The minimum atomic E-state index is -0.166. The molecule has 0 bridgehead atoms. The van der Waals surface area contributed by atoms with Gasteiger partial charge in [0.1, 0.15) is 6.04 Å². The highest BCUT2D eigenvalue weighted by molar-refractivity contribution is 5.87. The van der Waals surface area contributed by atoms with E-state index >= 15 is 0 Å². The molecule has 0 aromatic rings. The highest BCUT2D eigenvalue weighted by atomic mass is 16.2. The number of hydrogen-bond donors (Lipinski definition) is 0. The Bertz CT molecular complexity index is 272. The van der Waals surface area contributed by atoms with Crippen LogP contribution in [0.2, 0.25) is 0 Å². The van der Waals surface area contributed by atoms with Crippen LogP contribution in [0, 0.1) is 0 Å². The number of nitrogens with zero attached hydrogens (tertiary/aromatic N) is 2. The van der Waals surface area contributed by atoms with Gasteiger partial charge in [0.05, 0.1) is 0 Å². The van der Waals surface area contributed by atoms with Gasteiger partial charge in [-0.15, -0.1) is 0 Å². The second kappa shape index (κ2) is 4.21. The van der Waals surface area contributed by atoms with E-state index in [0.717, 1.165) is 45.3 Å². The van der Waals surface area contributed by atoms with E-state index < -0.39 is 0 Å². The Labute approximate surface area is 90.2 Å². The summed E-state index contributed by atoms with van der Waals surface area (Å²) in [6.45, 7) is 4.05. The molecule has 2 aliphatic heterocycles. The van der Waals surface area contributed by atoms with Crippen molar-refractivity contribution in [1.29, 1.82) is 0 Å². The fourth-order valence-electron chi connectivity index (χ4n) is 2.55. The molecule has 2 rings (SSSR count). The molecule has 15 heavy (non-hydrogen) atoms. The molecule has 2 fully saturated rings. The van der Waals surface area contributed by atoms with Gasteiger partial charge in [-0.3, -0.25) is 9.59 Å². The van der Waals surface area contributed by atoms with E-state index in [-0.39, 0.29) is 17.9 Å². The summed E-state index contributed by atoms with van der Waals surface area (Å²) in [6.07, 6.45) is 4.02. The third-order valence-corrected chi connectivity index (χ3v) is 3.36. The number of likely N-dealkylation sites (tertiary alicyclic amines) is 2. The Morgan fingerprint density at radius 2 is 1.73 bits per heavy atom. The predicted molar refractivity (Wildman–Crippen MR) is 56.2 cm³/mol. The molecule has 0 aromatic carbocycles. The molecule has 1 unspecified atom stereocenters. The van der Waals surface area contributed by atoms with E-state index in [1.54, 1.807) is 11.8 Å². The van der Waals surface area contributed by atoms with Crippen LogP contribution in [0.15, 0.2) is 0 Å². The lowest BCUT2D eigenvalue weighted by atomic mass is 10.2. The van der Waals surface area contributed by atoms with Crippen molar-refractivity contribution in [2.45, 2.75) is 38.6 Å². The maximum absolute atomic E-state index is 12.1. The maximum atomic E-state index is 12.1. The Hall–Kier alpha value is -1.06. The summed E-state index contributed by atoms with van der Waals surface area (Å²) in [5, 5.41) is 0. The first-order chi connectivity index (χ1) is 7.20. The molecule has 0 saturated carbocycles. The summed E-state index contributed by atoms with van der Waals surface area (Å²) >= 11 is 0. The quantitative estimate of drug-likeness (QED) is 0.636. The Morgan fingerprint density at radius 3 is 2.33 bits per heavy atom. The van der Waals surface area contributed by atoms with Gasteiger partial charge in [-0.1, -0.05) is 0 Å². The van der Waals surface area contributed by atoms with Gasteiger partial charge in [0.2, 0.25) is 11.8 Å². The van der Waals surface area contributed by atoms with E-state index in [1.165, 1.54) is 0 Å². The summed E-state index contributed by atoms with van der Waals surface area (Å²) in [5.74, 6) is 0.199. The molecular weight excluding hydrogens is 192 g/mol. The molecule has 0 spiro atoms. The highest BCUT2D eigenvalue weighted by Gasteiger charge is 2.35. The standard InChI is InChI=1S/C11H18N2O2/c1-9(14)13-8-4-5-10(13)11(15)12-6-2-3-7-12/h10H,2-8H2,1H3. The van der Waals surface area contributed by atoms with Crippen LogP contribution in [0.5, 0.6) is 0 Å². The zero-order chi connectivity index (χ0) is 10.8. The van der Waals surface area contributed by atoms with E-state index in [2.05, 4.69) is 0 Å². The van der Waals surface area contributed by atoms with Crippen molar-refractivity contribution in [3.8, 4) is 0 Å². The molecule has 2 aliphatic rings. The largest absolute Gasteiger partial charge is 0.341 e. The zero-order valence-electron chi connectivity index (χ0n) is 9.24. The van der Waals surface area contributed by atoms with Gasteiger partial charge >= 0.3 is 0 Å². The molecular formula is C11H18N2O2. The molecule has 4 nitrogen and oxygen atoms in total. The van der Waals surface area contributed by atoms with Crippen molar-refractivity contribution in [3.05, 3.63) is 0 Å². The van der Waals surface area contributed by atoms with Crippen LogP contribution in [0.1, 0.15) is 32.6 Å². The molecule has 2 saturated heterocycles. The Morgan fingerprint density at radius 1 is 1.07 bits per heavy atom. The SMILES string of the molecule is CC(=O)N1CCCC1C(=O)N1CCCC1. The topological polar surface area (TPSA) is 40.6 Å². The van der Waals surface area contributed by atoms with Crippen LogP contribution in [0.3, 0.4) is 0 Å². The van der Waals surface area contributed by atoms with Crippen LogP contribution in [0.25, 0.3) is 0 Å². The second-order valence-electron chi connectivity index (χ2n) is 4.40. The van der Waals surface area contributed by atoms with Crippen molar-refractivity contribution < 1.29 is 9.59 Å². The van der Waals surface area contributed by atoms with Crippen molar-refractivity contribution in [2.75, 3.05) is 19.6 Å². The molecule has 0 N–H and O–H groups in total. The van der Waals surface area contributed by atoms with Crippen molar-refractivity contribution in [1.82, 2.24) is 9.80 Å². The number of rotatable bonds is 1. The van der Waals surface area contributed by atoms with Gasteiger partial charge < -0.3 is 9.80 Å². The van der Waals surface area contributed by atoms with Gasteiger partial charge in [-0.2, -0.15) is 0 Å². The summed E-state index contributed by atoms with van der Waals surface area (Å²) in [6, 6.07) is -0.166. The summed E-state index contributed by atoms with van der Waals surface area (Å²) in [7, 11) is 0. The minimum Gasteiger partial charge on any atom is -0.341 e. The minimum absolute atomic E-state index is 0.0325. The average molecular weight is 210 g/mol. The third-order valence-electron chi connectivity index (χ3n) is 3.36. The summed E-state index contributed by atoms with van der Waals surface area (Å²) in [4.78, 5) is 27.1. The average Bonchev–Trinajstić information content (AvgIpc) is 2.88. The molecule has 4 heteroatoms. The first kappa shape index (κ1) is 10.5. The van der Waals surface area contributed by atoms with E-state index in [0.29, 0.717) is 0 Å². The number of amides is 2. The van der Waals surface area contributed by atoms with E-state index in [9.17, 15) is 9.59 Å². The van der Waals surface area contributed by atoms with E-state index in [4.69, 9.17) is 0 Å². The molecule has 0 aliphatic carbocycles. The van der Waals surface area contributed by atoms with Crippen molar-refractivity contribution in [3.63, 3.8) is 0 Å². The van der Waals surface area contributed by atoms with Gasteiger partial charge in [0.15, 0.2) is 0 Å². The summed E-state index contributed by atoms with van der Waals surface area (Å²) in [5.41, 5.74) is 0. The van der Waals surface area contributed by atoms with Crippen LogP contribution < -0.4 is 0 Å². The third kappa shape index (κ3) is 1.98. The molecule has 84 valence electrons. The molecule has 1 atom stereocenters. The fourth-order valence-corrected chi connectivity index (χ4v) is 2.55. The normalized spacial score (nSPS) is 26.1. The summed E-state index contributed by atoms with van der Waals surface area (Å²) < 4.78 is 0. The number of carbonyl (C=O) groups is 2. The van der Waals surface area contributed by atoms with Crippen LogP contribution in [-0.2, 0) is 9.59 Å². The molecule has 0 radical (unpaired) electrons. The van der Waals surface area contributed by atoms with Crippen LogP contribution in [0.4, 0.5) is 0 Å². The maximum Gasteiger partial charge on any atom is 0.245 e.